The fourth-order valence-electron chi connectivity index (χ4n) is 8.99. The summed E-state index contributed by atoms with van der Waals surface area (Å²) in [5, 5.41) is 38.4. The topological polar surface area (TPSA) is 182 Å². The Morgan fingerprint density at radius 2 is 1.79 bits per heavy atom. The molecule has 6 unspecified atom stereocenters. The Kier molecular flexibility index (Phi) is 15.5. The van der Waals surface area contributed by atoms with Crippen molar-refractivity contribution in [2.75, 3.05) is 33.5 Å². The summed E-state index contributed by atoms with van der Waals surface area (Å²) in [5.74, 6) is -1.83. The van der Waals surface area contributed by atoms with E-state index in [4.69, 9.17) is 19.0 Å². The number of nitro benzene ring substituents is 1. The van der Waals surface area contributed by atoms with Crippen LogP contribution in [0.5, 0.6) is 11.5 Å². The second kappa shape index (κ2) is 21.1. The van der Waals surface area contributed by atoms with Crippen molar-refractivity contribution in [3.63, 3.8) is 0 Å². The molecule has 3 N–H and O–H groups in total. The third kappa shape index (κ3) is 10.4. The third-order valence-corrected chi connectivity index (χ3v) is 11.8. The number of likely N-dealkylation sites (N-methyl/N-ethyl adjacent to an activating group) is 1. The van der Waals surface area contributed by atoms with Crippen LogP contribution in [-0.2, 0) is 20.9 Å². The molecule has 3 aromatic rings. The van der Waals surface area contributed by atoms with Crippen LogP contribution in [0.1, 0.15) is 74.5 Å². The molecular formula is C47H56N4O10. The lowest BCUT2D eigenvalue weighted by Crippen LogP contribution is -2.69. The zero-order valence-corrected chi connectivity index (χ0v) is 34.8. The number of carbonyl (C=O) groups is 2. The van der Waals surface area contributed by atoms with E-state index in [0.29, 0.717) is 42.2 Å². The first-order chi connectivity index (χ1) is 29.6. The lowest BCUT2D eigenvalue weighted by Gasteiger charge is -2.59. The predicted molar refractivity (Wildman–Crippen MR) is 231 cm³/mol. The highest BCUT2D eigenvalue weighted by atomic mass is 16.7. The van der Waals surface area contributed by atoms with Crippen molar-refractivity contribution >= 4 is 29.5 Å². The molecule has 1 heterocycles. The van der Waals surface area contributed by atoms with Crippen LogP contribution < -0.4 is 14.8 Å². The highest BCUT2D eigenvalue weighted by Crippen LogP contribution is 2.61. The van der Waals surface area contributed by atoms with Gasteiger partial charge in [-0.3, -0.25) is 14.9 Å². The number of non-ortho nitro benzene ring substituents is 1. The highest BCUT2D eigenvalue weighted by Gasteiger charge is 2.65. The molecule has 2 aliphatic carbocycles. The van der Waals surface area contributed by atoms with Gasteiger partial charge in [0.05, 0.1) is 23.2 Å². The number of unbranched alkanes of at least 4 members (excludes halogenated alkanes) is 2. The average Bonchev–Trinajstić information content (AvgIpc) is 3.27. The number of amides is 2. The van der Waals surface area contributed by atoms with Gasteiger partial charge >= 0.3 is 6.09 Å². The minimum Gasteiger partial charge on any atom is -0.459 e. The van der Waals surface area contributed by atoms with Crippen molar-refractivity contribution in [1.29, 1.82) is 0 Å². The number of carbonyl (C=O) groups excluding carboxylic acids is 2. The van der Waals surface area contributed by atoms with Gasteiger partial charge in [-0.15, -0.1) is 6.58 Å². The Balaban J connectivity index is 1.46. The molecule has 14 heteroatoms. The van der Waals surface area contributed by atoms with Gasteiger partial charge in [0.1, 0.15) is 24.1 Å². The molecule has 0 bridgehead atoms. The van der Waals surface area contributed by atoms with Gasteiger partial charge in [0, 0.05) is 62.9 Å². The van der Waals surface area contributed by atoms with Gasteiger partial charge in [-0.25, -0.2) is 4.79 Å². The summed E-state index contributed by atoms with van der Waals surface area (Å²) in [4.78, 5) is 45.5. The Labute approximate surface area is 356 Å². The molecule has 1 fully saturated rings. The number of hydrogen-bond donors (Lipinski definition) is 3. The number of benzene rings is 3. The largest absolute Gasteiger partial charge is 0.459 e. The first-order valence-electron chi connectivity index (χ1n) is 21.0. The molecule has 0 radical (unpaired) electrons. The summed E-state index contributed by atoms with van der Waals surface area (Å²) in [7, 11) is 1.69. The maximum Gasteiger partial charge on any atom is 0.412 e. The van der Waals surface area contributed by atoms with Gasteiger partial charge in [-0.1, -0.05) is 60.5 Å². The maximum atomic E-state index is 14.2. The number of aliphatic hydroxyl groups excluding tert-OH is 2. The van der Waals surface area contributed by atoms with Crippen LogP contribution in [0.25, 0.3) is 6.08 Å². The lowest BCUT2D eigenvalue weighted by molar-refractivity contribution is -0.384. The van der Waals surface area contributed by atoms with Gasteiger partial charge in [-0.05, 0) is 97.6 Å². The number of rotatable bonds is 20. The van der Waals surface area contributed by atoms with E-state index >= 15 is 0 Å². The minimum absolute atomic E-state index is 0.0226. The Morgan fingerprint density at radius 1 is 1.05 bits per heavy atom. The van der Waals surface area contributed by atoms with Crippen molar-refractivity contribution in [2.45, 2.75) is 76.2 Å². The van der Waals surface area contributed by atoms with E-state index in [9.17, 15) is 29.9 Å². The van der Waals surface area contributed by atoms with E-state index in [1.807, 2.05) is 43.3 Å². The van der Waals surface area contributed by atoms with E-state index in [1.54, 1.807) is 48.4 Å². The molecular weight excluding hydrogens is 781 g/mol. The third-order valence-electron chi connectivity index (χ3n) is 11.8. The van der Waals surface area contributed by atoms with Crippen LogP contribution in [0, 0.1) is 27.9 Å². The van der Waals surface area contributed by atoms with Crippen molar-refractivity contribution < 1.29 is 43.8 Å². The standard InChI is InChI=1S/C47H56N4O10/c1-4-27-58-47-42(50(3)43(54)24-19-32-17-20-35(21-18-32)51(56)57)30-40(49-59-5-2)38-28-34(15-9-11-25-52)37(16-10-12-26-53)44(45(38)47)39-29-36(22-23-41(39)61-47)60-46(55)48-31-33-13-7-6-8-14-33/h4,6-8,13-14,17-24,28-29,34,37,42,44-45,52-53H,1,5,9-12,15-16,25-27,30-31H2,2-3H3,(H,48,55). The quantitative estimate of drug-likeness (QED) is 0.0335. The summed E-state index contributed by atoms with van der Waals surface area (Å²) in [6, 6.07) is 20.0. The fourth-order valence-corrected chi connectivity index (χ4v) is 8.99. The average molecular weight is 837 g/mol. The van der Waals surface area contributed by atoms with Crippen molar-refractivity contribution in [3.05, 3.63) is 130 Å². The molecule has 2 amide bonds. The van der Waals surface area contributed by atoms with E-state index in [0.717, 1.165) is 42.4 Å². The Hall–Kier alpha value is -5.83. The number of nitro groups is 1. The zero-order chi connectivity index (χ0) is 43.4. The fraction of sp³-hybridized carbons (Fsp3) is 0.426. The number of nitrogens with zero attached hydrogens (tertiary/aromatic N) is 3. The van der Waals surface area contributed by atoms with E-state index in [-0.39, 0.29) is 62.1 Å². The number of aliphatic hydroxyl groups is 2. The number of fused-ring (bicyclic) bond motifs is 2. The highest BCUT2D eigenvalue weighted by molar-refractivity contribution is 6.03. The normalized spacial score (nSPS) is 23.2. The predicted octanol–water partition coefficient (Wildman–Crippen LogP) is 7.71. The number of oxime groups is 1. The summed E-state index contributed by atoms with van der Waals surface area (Å²) in [5.41, 5.74) is 3.82. The SMILES string of the molecule is C=CCOC12Oc3ccc(OC(=O)NCc4ccccc4)cc3C3C(CCCCO)C(CCCCO)C=C(C(=NOCC)CC1N(C)C(=O)C=Cc1ccc([N+](=O)[O-])cc1)C32. The smallest absolute Gasteiger partial charge is 0.412 e. The monoisotopic (exact) mass is 836 g/mol. The molecule has 14 nitrogen and oxygen atoms in total. The molecule has 0 aromatic heterocycles. The van der Waals surface area contributed by atoms with E-state index in [1.165, 1.54) is 18.2 Å². The Bertz CT molecular complexity index is 2090. The molecule has 0 spiro atoms. The summed E-state index contributed by atoms with van der Waals surface area (Å²) >= 11 is 0. The second-order valence-electron chi connectivity index (χ2n) is 15.6. The van der Waals surface area contributed by atoms with Crippen LogP contribution in [0.2, 0.25) is 0 Å². The van der Waals surface area contributed by atoms with Gasteiger partial charge in [0.15, 0.2) is 0 Å². The van der Waals surface area contributed by atoms with E-state index in [2.05, 4.69) is 23.1 Å². The molecule has 6 atom stereocenters. The van der Waals surface area contributed by atoms with Crippen molar-refractivity contribution in [3.8, 4) is 11.5 Å². The summed E-state index contributed by atoms with van der Waals surface area (Å²) < 4.78 is 19.9. The van der Waals surface area contributed by atoms with Crippen LogP contribution in [0.15, 0.2) is 108 Å². The second-order valence-corrected chi connectivity index (χ2v) is 15.6. The molecule has 1 saturated carbocycles. The van der Waals surface area contributed by atoms with Crippen LogP contribution in [-0.4, -0.2) is 83.1 Å². The van der Waals surface area contributed by atoms with Crippen molar-refractivity contribution in [2.24, 2.45) is 22.9 Å². The van der Waals surface area contributed by atoms with Gasteiger partial charge in [0.25, 0.3) is 5.69 Å². The van der Waals surface area contributed by atoms with Crippen LogP contribution in [0.3, 0.4) is 0 Å². The maximum absolute atomic E-state index is 14.2. The van der Waals surface area contributed by atoms with Gasteiger partial charge in [-0.2, -0.15) is 0 Å². The minimum atomic E-state index is -1.46. The first kappa shape index (κ1) is 44.7. The lowest BCUT2D eigenvalue weighted by atomic mass is 9.55. The number of hydrogen-bond acceptors (Lipinski definition) is 11. The molecule has 3 aromatic carbocycles. The molecule has 6 rings (SSSR count). The first-order valence-corrected chi connectivity index (χ1v) is 21.0. The van der Waals surface area contributed by atoms with Crippen LogP contribution >= 0.6 is 0 Å². The molecule has 61 heavy (non-hydrogen) atoms. The van der Waals surface area contributed by atoms with Crippen LogP contribution in [0.4, 0.5) is 10.5 Å². The van der Waals surface area contributed by atoms with Gasteiger partial charge < -0.3 is 39.5 Å². The number of nitrogens with one attached hydrogen (secondary N) is 1. The number of allylic oxidation sites excluding steroid dienone is 1. The molecule has 3 aliphatic rings. The van der Waals surface area contributed by atoms with Gasteiger partial charge in [0.2, 0.25) is 11.7 Å². The zero-order valence-electron chi connectivity index (χ0n) is 34.8. The molecule has 324 valence electrons. The molecule has 1 aliphatic heterocycles. The van der Waals surface area contributed by atoms with E-state index < -0.39 is 28.8 Å². The summed E-state index contributed by atoms with van der Waals surface area (Å²) in [6.45, 7) is 6.63. The molecule has 0 saturated heterocycles. The van der Waals surface area contributed by atoms with Crippen molar-refractivity contribution in [1.82, 2.24) is 10.2 Å². The number of ether oxygens (including phenoxy) is 3. The summed E-state index contributed by atoms with van der Waals surface area (Å²) in [6.07, 6.45) is 10.8. The Morgan fingerprint density at radius 3 is 2.48 bits per heavy atom.